The van der Waals surface area contributed by atoms with Crippen LogP contribution in [0, 0.1) is 0 Å². The van der Waals surface area contributed by atoms with Crippen molar-refractivity contribution >= 4 is 23.8 Å². The zero-order valence-corrected chi connectivity index (χ0v) is 12.8. The second kappa shape index (κ2) is 6.07. The number of imide groups is 1. The van der Waals surface area contributed by atoms with Crippen LogP contribution in [-0.4, -0.2) is 45.9 Å². The minimum absolute atomic E-state index is 0.154. The maximum atomic E-state index is 12.0. The van der Waals surface area contributed by atoms with Crippen LogP contribution < -0.4 is 10.6 Å². The molecule has 1 fully saturated rings. The summed E-state index contributed by atoms with van der Waals surface area (Å²) in [7, 11) is 0. The molecule has 0 radical (unpaired) electrons. The maximum absolute atomic E-state index is 12.0. The van der Waals surface area contributed by atoms with Crippen molar-refractivity contribution < 1.29 is 24.3 Å². The lowest BCUT2D eigenvalue weighted by Crippen LogP contribution is -2.43. The molecule has 0 spiro atoms. The highest BCUT2D eigenvalue weighted by Crippen LogP contribution is 2.15. The van der Waals surface area contributed by atoms with Gasteiger partial charge in [-0.25, -0.2) is 9.59 Å². The molecule has 0 unspecified atom stereocenters. The molecule has 122 valence electrons. The average Bonchev–Trinajstić information content (AvgIpc) is 2.67. The first-order chi connectivity index (χ1) is 10.7. The summed E-state index contributed by atoms with van der Waals surface area (Å²) < 4.78 is 0. The van der Waals surface area contributed by atoms with Crippen LogP contribution >= 0.6 is 0 Å². The molecule has 1 heterocycles. The van der Waals surface area contributed by atoms with Gasteiger partial charge in [-0.15, -0.1) is 0 Å². The van der Waals surface area contributed by atoms with Crippen LogP contribution in [-0.2, 0) is 16.1 Å². The van der Waals surface area contributed by atoms with Crippen LogP contribution in [0.2, 0.25) is 0 Å². The number of rotatable bonds is 5. The third-order valence-electron chi connectivity index (χ3n) is 3.44. The van der Waals surface area contributed by atoms with Gasteiger partial charge in [-0.1, -0.05) is 12.1 Å². The number of carboxylic acids is 1. The van der Waals surface area contributed by atoms with Gasteiger partial charge in [0.2, 0.25) is 5.91 Å². The molecule has 0 saturated carbocycles. The number of hydrogen-bond acceptors (Lipinski definition) is 4. The SMILES string of the molecule is CC1(C)NC(=O)N(CC(=O)NCc2ccc(C(=O)O)cc2)C1=O. The fourth-order valence-electron chi connectivity index (χ4n) is 2.13. The van der Waals surface area contributed by atoms with Gasteiger partial charge in [0, 0.05) is 6.54 Å². The molecule has 0 aliphatic carbocycles. The standard InChI is InChI=1S/C15H17N3O5/c1-15(2)13(22)18(14(23)17-15)8-11(19)16-7-9-3-5-10(6-4-9)12(20)21/h3-6H,7-8H2,1-2H3,(H,16,19)(H,17,23)(H,20,21). The number of aromatic carboxylic acids is 1. The van der Waals surface area contributed by atoms with Gasteiger partial charge in [0.15, 0.2) is 0 Å². The third kappa shape index (κ3) is 3.65. The number of nitrogens with zero attached hydrogens (tertiary/aromatic N) is 1. The van der Waals surface area contributed by atoms with Crippen molar-refractivity contribution in [1.29, 1.82) is 0 Å². The zero-order chi connectivity index (χ0) is 17.2. The van der Waals surface area contributed by atoms with E-state index in [9.17, 15) is 19.2 Å². The van der Waals surface area contributed by atoms with E-state index < -0.39 is 29.4 Å². The van der Waals surface area contributed by atoms with Gasteiger partial charge < -0.3 is 15.7 Å². The molecule has 1 aliphatic rings. The van der Waals surface area contributed by atoms with Gasteiger partial charge in [-0.05, 0) is 31.5 Å². The van der Waals surface area contributed by atoms with Crippen molar-refractivity contribution in [2.75, 3.05) is 6.54 Å². The van der Waals surface area contributed by atoms with E-state index in [-0.39, 0.29) is 18.7 Å². The monoisotopic (exact) mass is 319 g/mol. The summed E-state index contributed by atoms with van der Waals surface area (Å²) >= 11 is 0. The molecule has 1 saturated heterocycles. The Hall–Kier alpha value is -2.90. The first-order valence-electron chi connectivity index (χ1n) is 6.94. The Bertz CT molecular complexity index is 666. The van der Waals surface area contributed by atoms with Crippen molar-refractivity contribution in [2.45, 2.75) is 25.9 Å². The Balaban J connectivity index is 1.89. The second-order valence-corrected chi connectivity index (χ2v) is 5.73. The molecule has 1 aromatic rings. The Kier molecular flexibility index (Phi) is 4.35. The molecule has 3 N–H and O–H groups in total. The molecular weight excluding hydrogens is 302 g/mol. The van der Waals surface area contributed by atoms with Crippen molar-refractivity contribution in [1.82, 2.24) is 15.5 Å². The average molecular weight is 319 g/mol. The van der Waals surface area contributed by atoms with Gasteiger partial charge in [-0.2, -0.15) is 0 Å². The normalized spacial score (nSPS) is 16.2. The highest BCUT2D eigenvalue weighted by Gasteiger charge is 2.44. The van der Waals surface area contributed by atoms with Gasteiger partial charge in [0.1, 0.15) is 12.1 Å². The van der Waals surface area contributed by atoms with Gasteiger partial charge in [0.05, 0.1) is 5.56 Å². The first kappa shape index (κ1) is 16.5. The number of carbonyl (C=O) groups is 4. The highest BCUT2D eigenvalue weighted by atomic mass is 16.4. The van der Waals surface area contributed by atoms with E-state index in [4.69, 9.17) is 5.11 Å². The lowest BCUT2D eigenvalue weighted by Gasteiger charge is -2.15. The number of hydrogen-bond donors (Lipinski definition) is 3. The highest BCUT2D eigenvalue weighted by molar-refractivity contribution is 6.08. The number of amides is 4. The summed E-state index contributed by atoms with van der Waals surface area (Å²) in [6.07, 6.45) is 0. The molecule has 0 bridgehead atoms. The second-order valence-electron chi connectivity index (χ2n) is 5.73. The first-order valence-corrected chi connectivity index (χ1v) is 6.94. The summed E-state index contributed by atoms with van der Waals surface area (Å²) in [6.45, 7) is 2.94. The Morgan fingerprint density at radius 3 is 2.30 bits per heavy atom. The summed E-state index contributed by atoms with van der Waals surface area (Å²) in [6, 6.07) is 5.44. The van der Waals surface area contributed by atoms with E-state index in [1.54, 1.807) is 26.0 Å². The molecule has 4 amide bonds. The largest absolute Gasteiger partial charge is 0.478 e. The van der Waals surface area contributed by atoms with Crippen LogP contribution in [0.1, 0.15) is 29.8 Å². The predicted octanol–water partition coefficient (Wildman–Crippen LogP) is 0.331. The Labute approximate surface area is 132 Å². The molecule has 0 aromatic heterocycles. The molecule has 8 nitrogen and oxygen atoms in total. The minimum Gasteiger partial charge on any atom is -0.478 e. The van der Waals surface area contributed by atoms with E-state index >= 15 is 0 Å². The summed E-state index contributed by atoms with van der Waals surface area (Å²) in [4.78, 5) is 47.1. The number of benzene rings is 1. The molecule has 0 atom stereocenters. The molecule has 23 heavy (non-hydrogen) atoms. The number of carbonyl (C=O) groups excluding carboxylic acids is 3. The van der Waals surface area contributed by atoms with Gasteiger partial charge in [0.25, 0.3) is 5.91 Å². The van der Waals surface area contributed by atoms with Crippen molar-refractivity contribution in [2.24, 2.45) is 0 Å². The van der Waals surface area contributed by atoms with Crippen molar-refractivity contribution in [3.8, 4) is 0 Å². The Morgan fingerprint density at radius 1 is 1.22 bits per heavy atom. The van der Waals surface area contributed by atoms with E-state index in [1.807, 2.05) is 0 Å². The summed E-state index contributed by atoms with van der Waals surface area (Å²) in [5, 5.41) is 13.9. The lowest BCUT2D eigenvalue weighted by atomic mass is 10.1. The van der Waals surface area contributed by atoms with Crippen molar-refractivity contribution in [3.63, 3.8) is 0 Å². The van der Waals surface area contributed by atoms with Crippen LogP contribution in [0.3, 0.4) is 0 Å². The van der Waals surface area contributed by atoms with Crippen LogP contribution in [0.15, 0.2) is 24.3 Å². The zero-order valence-electron chi connectivity index (χ0n) is 12.8. The van der Waals surface area contributed by atoms with Crippen molar-refractivity contribution in [3.05, 3.63) is 35.4 Å². The fraction of sp³-hybridized carbons (Fsp3) is 0.333. The molecule has 1 aliphatic heterocycles. The lowest BCUT2D eigenvalue weighted by molar-refractivity contribution is -0.134. The maximum Gasteiger partial charge on any atom is 0.335 e. The van der Waals surface area contributed by atoms with Gasteiger partial charge in [-0.3, -0.25) is 14.5 Å². The molecule has 1 aromatic carbocycles. The molecule has 2 rings (SSSR count). The predicted molar refractivity (Wildman–Crippen MR) is 79.6 cm³/mol. The Morgan fingerprint density at radius 2 is 1.83 bits per heavy atom. The van der Waals surface area contributed by atoms with Gasteiger partial charge >= 0.3 is 12.0 Å². The number of carboxylic acid groups (broad SMARTS) is 1. The van der Waals surface area contributed by atoms with Crippen LogP contribution in [0.4, 0.5) is 4.79 Å². The molecular formula is C15H17N3O5. The van der Waals surface area contributed by atoms with E-state index in [1.165, 1.54) is 12.1 Å². The third-order valence-corrected chi connectivity index (χ3v) is 3.44. The van der Waals surface area contributed by atoms with Crippen LogP contribution in [0.5, 0.6) is 0 Å². The summed E-state index contributed by atoms with van der Waals surface area (Å²) in [5.41, 5.74) is -0.146. The fourth-order valence-corrected chi connectivity index (χ4v) is 2.13. The van der Waals surface area contributed by atoms with E-state index in [2.05, 4.69) is 10.6 Å². The smallest absolute Gasteiger partial charge is 0.335 e. The quantitative estimate of drug-likeness (QED) is 0.676. The van der Waals surface area contributed by atoms with E-state index in [0.717, 1.165) is 4.90 Å². The minimum atomic E-state index is -1.03. The number of urea groups is 1. The summed E-state index contributed by atoms with van der Waals surface area (Å²) in [5.74, 6) is -1.96. The van der Waals surface area contributed by atoms with E-state index in [0.29, 0.717) is 5.56 Å². The molecule has 8 heteroatoms. The topological polar surface area (TPSA) is 116 Å². The van der Waals surface area contributed by atoms with Crippen LogP contribution in [0.25, 0.3) is 0 Å². The number of nitrogens with one attached hydrogen (secondary N) is 2.